The molecule has 0 saturated heterocycles. The summed E-state index contributed by atoms with van der Waals surface area (Å²) in [5.74, 6) is -5.20. The Morgan fingerprint density at radius 3 is 2.31 bits per heavy atom. The van der Waals surface area contributed by atoms with E-state index in [-0.39, 0.29) is 67.9 Å². The number of carbonyl (C=O) groups is 2. The number of hydrogen-bond acceptors (Lipinski definition) is 9. The maximum absolute atomic E-state index is 12.5. The van der Waals surface area contributed by atoms with Crippen molar-refractivity contribution >= 4 is 41.2 Å². The molecule has 0 spiro atoms. The van der Waals surface area contributed by atoms with E-state index < -0.39 is 30.2 Å². The van der Waals surface area contributed by atoms with Crippen LogP contribution in [0.25, 0.3) is 12.2 Å². The van der Waals surface area contributed by atoms with Crippen molar-refractivity contribution in [2.24, 2.45) is 26.8 Å². The van der Waals surface area contributed by atoms with Crippen LogP contribution in [0.5, 0.6) is 0 Å². The molecule has 0 aromatic carbocycles. The third-order valence-corrected chi connectivity index (χ3v) is 8.76. The summed E-state index contributed by atoms with van der Waals surface area (Å²) in [5.41, 5.74) is 5.92. The second-order valence-electron chi connectivity index (χ2n) is 11.3. The molecule has 5 rings (SSSR count). The summed E-state index contributed by atoms with van der Waals surface area (Å²) >= 11 is 0. The van der Waals surface area contributed by atoms with Crippen molar-refractivity contribution in [1.82, 2.24) is 4.98 Å². The SMILES string of the molecule is C=CC1=C(C)C2=CC3=NC(=C(CC(=O)[O-])C4=NC(=C(C)C4=C([O-])[O-])C=c4[n-]c(c(C)c4CC)=CC1=N2)C(CCC(=O)[O-])C3C.[Co+2].[H+].[H+].[H+]. The van der Waals surface area contributed by atoms with E-state index in [0.717, 1.165) is 22.3 Å². The van der Waals surface area contributed by atoms with Gasteiger partial charge in [-0.3, -0.25) is 4.99 Å². The number of aliphatic carboxylic acids is 2. The number of carboxylic acid groups (broad SMARTS) is 2. The third-order valence-electron chi connectivity index (χ3n) is 8.76. The summed E-state index contributed by atoms with van der Waals surface area (Å²) in [7, 11) is 0. The van der Waals surface area contributed by atoms with Crippen LogP contribution in [0.1, 0.15) is 62.4 Å². The van der Waals surface area contributed by atoms with E-state index >= 15 is 0 Å². The van der Waals surface area contributed by atoms with Crippen molar-refractivity contribution in [2.45, 2.75) is 60.3 Å². The van der Waals surface area contributed by atoms with Crippen molar-refractivity contribution in [3.63, 3.8) is 0 Å². The molecule has 0 amide bonds. The molecule has 4 aliphatic rings. The first-order chi connectivity index (χ1) is 20.9. The summed E-state index contributed by atoms with van der Waals surface area (Å²) in [6.07, 6.45) is 6.85. The number of nitrogens with zero attached hydrogens (tertiary/aromatic N) is 4. The van der Waals surface area contributed by atoms with Gasteiger partial charge in [0.15, 0.2) is 0 Å². The predicted octanol–water partition coefficient (Wildman–Crippen LogP) is -0.443. The van der Waals surface area contributed by atoms with Crippen LogP contribution in [0.15, 0.2) is 84.6 Å². The standard InChI is InChI=1S/C34H36N4O6.Co/c1-7-19-15(3)23-12-25-17(5)21(9-10-29(39)40)32(37-25)22(11-30(41)42)33-31(34(43)44)18(6)26(38-33)14-28-20(8-2)16(4)24(36-28)13-27(19)35-23;/h7,12-14,17,21H,1,8-11H2,2-6H3,(H5,35,36,37,38,39,40,41,42,43,44);/q;+2/p-2. The zero-order valence-corrected chi connectivity index (χ0v) is 26.6. The quantitative estimate of drug-likeness (QED) is 0.358. The van der Waals surface area contributed by atoms with E-state index in [1.165, 1.54) is 0 Å². The summed E-state index contributed by atoms with van der Waals surface area (Å²) in [5, 5.41) is 50.0. The molecule has 1 aromatic rings. The maximum Gasteiger partial charge on any atom is 2.00 e. The first-order valence-electron chi connectivity index (χ1n) is 14.5. The predicted molar refractivity (Wildman–Crippen MR) is 162 cm³/mol. The smallest absolute Gasteiger partial charge is 0.883 e. The number of fused-ring (bicyclic) bond motifs is 5. The number of aliphatic imine (C=N–C) groups is 3. The molecule has 2 unspecified atom stereocenters. The Morgan fingerprint density at radius 1 is 1.00 bits per heavy atom. The topological polar surface area (TPSA) is 178 Å². The summed E-state index contributed by atoms with van der Waals surface area (Å²) in [6.45, 7) is 13.3. The Kier molecular flexibility index (Phi) is 9.55. The number of aromatic nitrogens is 1. The van der Waals surface area contributed by atoms with Gasteiger partial charge >= 0.3 is 21.1 Å². The molecule has 5 heterocycles. The molecule has 10 nitrogen and oxygen atoms in total. The fraction of sp³-hybridized carbons (Fsp3) is 0.324. The molecule has 45 heavy (non-hydrogen) atoms. The molecular formula is C34H34CoN4O6. The van der Waals surface area contributed by atoms with E-state index in [1.807, 2.05) is 33.8 Å². The first-order valence-corrected chi connectivity index (χ1v) is 14.5. The van der Waals surface area contributed by atoms with Gasteiger partial charge in [-0.15, -0.1) is 10.7 Å². The van der Waals surface area contributed by atoms with Crippen LogP contribution in [-0.4, -0.2) is 29.1 Å². The average Bonchev–Trinajstić information content (AvgIpc) is 3.63. The van der Waals surface area contributed by atoms with Gasteiger partial charge in [0.2, 0.25) is 0 Å². The van der Waals surface area contributed by atoms with Gasteiger partial charge in [-0.2, -0.15) is 5.95 Å². The van der Waals surface area contributed by atoms with Gasteiger partial charge in [0.25, 0.3) is 0 Å². The van der Waals surface area contributed by atoms with Crippen molar-refractivity contribution < 1.29 is 51.1 Å². The second-order valence-corrected chi connectivity index (χ2v) is 11.3. The number of hydrogen-bond donors (Lipinski definition) is 0. The Labute approximate surface area is 275 Å². The number of rotatable bonds is 7. The minimum Gasteiger partial charge on any atom is -0.883 e. The molecule has 0 aliphatic carbocycles. The van der Waals surface area contributed by atoms with Crippen LogP contribution in [-0.2, 0) is 32.8 Å². The molecule has 8 bridgehead atoms. The van der Waals surface area contributed by atoms with Gasteiger partial charge < -0.3 is 35.0 Å². The van der Waals surface area contributed by atoms with Crippen LogP contribution in [0.3, 0.4) is 0 Å². The molecule has 0 fully saturated rings. The van der Waals surface area contributed by atoms with Crippen LogP contribution >= 0.6 is 0 Å². The molecule has 235 valence electrons. The molecule has 11 heteroatoms. The zero-order chi connectivity index (χ0) is 32.0. The van der Waals surface area contributed by atoms with E-state index in [1.54, 1.807) is 25.2 Å². The van der Waals surface area contributed by atoms with E-state index in [0.29, 0.717) is 39.9 Å². The summed E-state index contributed by atoms with van der Waals surface area (Å²) in [4.78, 5) is 42.8. The zero-order valence-electron chi connectivity index (χ0n) is 28.6. The van der Waals surface area contributed by atoms with Crippen LogP contribution in [0.2, 0.25) is 0 Å². The average molecular weight is 654 g/mol. The normalized spacial score (nSPS) is 20.6. The molecule has 0 N–H and O–H groups in total. The Bertz CT molecular complexity index is 1920. The van der Waals surface area contributed by atoms with E-state index in [4.69, 9.17) is 15.0 Å². The van der Waals surface area contributed by atoms with Crippen LogP contribution < -0.4 is 36.1 Å². The van der Waals surface area contributed by atoms with Gasteiger partial charge in [0.1, 0.15) is 0 Å². The number of carbonyl (C=O) groups excluding carboxylic acids is 2. The minimum absolute atomic E-state index is 0. The van der Waals surface area contributed by atoms with Crippen molar-refractivity contribution in [2.75, 3.05) is 0 Å². The van der Waals surface area contributed by atoms with Gasteiger partial charge in [0, 0.05) is 47.1 Å². The monoisotopic (exact) mass is 653 g/mol. The Balaban J connectivity index is 0.00000288. The molecule has 4 aliphatic heterocycles. The van der Waals surface area contributed by atoms with Crippen molar-refractivity contribution in [3.8, 4) is 0 Å². The number of carboxylic acids is 2. The molecular weight excluding hydrogens is 619 g/mol. The molecule has 1 aromatic heterocycles. The minimum atomic E-state index is -1.52. The van der Waals surface area contributed by atoms with Gasteiger partial charge in [-0.05, 0) is 62.8 Å². The number of allylic oxidation sites excluding steroid dienone is 8. The molecule has 2 atom stereocenters. The summed E-state index contributed by atoms with van der Waals surface area (Å²) in [6, 6.07) is 0. The fourth-order valence-corrected chi connectivity index (χ4v) is 6.34. The Hall–Kier alpha value is -4.48. The maximum atomic E-state index is 12.5. The van der Waals surface area contributed by atoms with Crippen LogP contribution in [0, 0.1) is 18.8 Å². The van der Waals surface area contributed by atoms with Crippen LogP contribution in [0.4, 0.5) is 0 Å². The second kappa shape index (κ2) is 12.9. The van der Waals surface area contributed by atoms with Crippen molar-refractivity contribution in [3.05, 3.63) is 91.5 Å². The van der Waals surface area contributed by atoms with Crippen molar-refractivity contribution in [1.29, 1.82) is 0 Å². The molecule has 1 radical (unpaired) electrons. The van der Waals surface area contributed by atoms with E-state index in [9.17, 15) is 30.0 Å². The largest absolute Gasteiger partial charge is 2.00 e. The fourth-order valence-electron chi connectivity index (χ4n) is 6.34. The third kappa shape index (κ3) is 5.97. The first kappa shape index (κ1) is 33.4. The Morgan fingerprint density at radius 2 is 1.71 bits per heavy atom. The summed E-state index contributed by atoms with van der Waals surface area (Å²) < 4.78 is 0. The molecule has 0 saturated carbocycles. The van der Waals surface area contributed by atoms with Gasteiger partial charge in [-0.1, -0.05) is 49.8 Å². The van der Waals surface area contributed by atoms with E-state index in [2.05, 4.69) is 11.6 Å². The van der Waals surface area contributed by atoms with Gasteiger partial charge in [-0.25, -0.2) is 9.98 Å². The van der Waals surface area contributed by atoms with Gasteiger partial charge in [0.05, 0.1) is 28.5 Å².